The van der Waals surface area contributed by atoms with E-state index >= 15 is 0 Å². The average molecular weight is 332 g/mol. The molecule has 0 bridgehead atoms. The summed E-state index contributed by atoms with van der Waals surface area (Å²) in [6.07, 6.45) is -0.0544. The molecule has 0 aromatic heterocycles. The highest BCUT2D eigenvalue weighted by Crippen LogP contribution is 2.20. The summed E-state index contributed by atoms with van der Waals surface area (Å²) in [5.74, 6) is 0. The van der Waals surface area contributed by atoms with Crippen molar-refractivity contribution in [2.75, 3.05) is 5.32 Å². The third-order valence-electron chi connectivity index (χ3n) is 4.34. The Hall–Kier alpha value is -2.62. The monoisotopic (exact) mass is 332 g/mol. The zero-order chi connectivity index (χ0) is 17.5. The second-order valence-corrected chi connectivity index (χ2v) is 6.24. The van der Waals surface area contributed by atoms with Crippen molar-refractivity contribution in [2.45, 2.75) is 25.1 Å². The fraction of sp³-hybridized carbons (Fsp3) is 0.182. The number of aliphatic hydroxyl groups excluding tert-OH is 1. The van der Waals surface area contributed by atoms with E-state index in [2.05, 4.69) is 17.4 Å². The van der Waals surface area contributed by atoms with Gasteiger partial charge in [-0.1, -0.05) is 72.8 Å². The fourth-order valence-corrected chi connectivity index (χ4v) is 2.83. The Labute approximate surface area is 149 Å². The van der Waals surface area contributed by atoms with Gasteiger partial charge in [-0.15, -0.1) is 0 Å². The van der Waals surface area contributed by atoms with Gasteiger partial charge in [0, 0.05) is 18.7 Å². The Kier molecular flexibility index (Phi) is 5.83. The number of rotatable bonds is 7. The molecule has 3 nitrogen and oxygen atoms in total. The molecule has 3 aromatic rings. The maximum absolute atomic E-state index is 10.4. The van der Waals surface area contributed by atoms with E-state index in [1.807, 2.05) is 72.8 Å². The predicted octanol–water partition coefficient (Wildman–Crippen LogP) is 3.90. The van der Waals surface area contributed by atoms with Crippen LogP contribution >= 0.6 is 0 Å². The van der Waals surface area contributed by atoms with Gasteiger partial charge in [0.2, 0.25) is 0 Å². The van der Waals surface area contributed by atoms with Crippen LogP contribution in [0.15, 0.2) is 84.9 Å². The lowest BCUT2D eigenvalue weighted by molar-refractivity contribution is 0.145. The summed E-state index contributed by atoms with van der Waals surface area (Å²) >= 11 is 0. The largest absolute Gasteiger partial charge is 0.391 e. The second kappa shape index (κ2) is 8.47. The van der Waals surface area contributed by atoms with Crippen LogP contribution in [0.1, 0.15) is 22.7 Å². The van der Waals surface area contributed by atoms with Crippen LogP contribution in [0.3, 0.4) is 0 Å². The van der Waals surface area contributed by atoms with Crippen molar-refractivity contribution in [1.29, 1.82) is 0 Å². The van der Waals surface area contributed by atoms with Crippen LogP contribution in [0.4, 0.5) is 5.69 Å². The molecule has 3 rings (SSSR count). The summed E-state index contributed by atoms with van der Waals surface area (Å²) in [6, 6.07) is 27.8. The molecule has 3 aromatic carbocycles. The van der Waals surface area contributed by atoms with Crippen molar-refractivity contribution >= 4 is 5.69 Å². The number of nitrogens with two attached hydrogens (primary N) is 1. The maximum Gasteiger partial charge on any atom is 0.0773 e. The van der Waals surface area contributed by atoms with E-state index in [-0.39, 0.29) is 0 Å². The Morgan fingerprint density at radius 1 is 0.760 bits per heavy atom. The van der Waals surface area contributed by atoms with Gasteiger partial charge >= 0.3 is 0 Å². The van der Waals surface area contributed by atoms with Gasteiger partial charge in [-0.25, -0.2) is 0 Å². The molecule has 128 valence electrons. The van der Waals surface area contributed by atoms with E-state index < -0.39 is 12.1 Å². The summed E-state index contributed by atoms with van der Waals surface area (Å²) < 4.78 is 0. The second-order valence-electron chi connectivity index (χ2n) is 6.24. The summed E-state index contributed by atoms with van der Waals surface area (Å²) in [7, 11) is 0. The van der Waals surface area contributed by atoms with Gasteiger partial charge in [0.25, 0.3) is 0 Å². The van der Waals surface area contributed by atoms with Gasteiger partial charge in [-0.05, 0) is 28.8 Å². The van der Waals surface area contributed by atoms with E-state index in [1.165, 1.54) is 5.56 Å². The van der Waals surface area contributed by atoms with Gasteiger partial charge < -0.3 is 16.2 Å². The molecule has 0 aliphatic heterocycles. The average Bonchev–Trinajstić information content (AvgIpc) is 2.68. The maximum atomic E-state index is 10.4. The Balaban J connectivity index is 1.57. The van der Waals surface area contributed by atoms with E-state index in [4.69, 9.17) is 5.73 Å². The van der Waals surface area contributed by atoms with Gasteiger partial charge in [0.15, 0.2) is 0 Å². The van der Waals surface area contributed by atoms with Gasteiger partial charge in [-0.2, -0.15) is 0 Å². The molecule has 0 heterocycles. The van der Waals surface area contributed by atoms with Crippen molar-refractivity contribution < 1.29 is 5.11 Å². The third kappa shape index (κ3) is 4.92. The van der Waals surface area contributed by atoms with E-state index in [0.717, 1.165) is 23.4 Å². The molecule has 4 N–H and O–H groups in total. The van der Waals surface area contributed by atoms with Crippen LogP contribution in [0.5, 0.6) is 0 Å². The zero-order valence-corrected chi connectivity index (χ0v) is 14.2. The highest BCUT2D eigenvalue weighted by Gasteiger charge is 2.17. The van der Waals surface area contributed by atoms with E-state index in [1.54, 1.807) is 0 Å². The van der Waals surface area contributed by atoms with Crippen molar-refractivity contribution in [3.8, 4) is 0 Å². The number of benzene rings is 3. The summed E-state index contributed by atoms with van der Waals surface area (Å²) in [6.45, 7) is 0.781. The first-order valence-corrected chi connectivity index (χ1v) is 8.58. The lowest BCUT2D eigenvalue weighted by Crippen LogP contribution is -2.28. The van der Waals surface area contributed by atoms with Crippen LogP contribution in [0, 0.1) is 0 Å². The minimum Gasteiger partial charge on any atom is -0.391 e. The van der Waals surface area contributed by atoms with E-state index in [0.29, 0.717) is 6.42 Å². The molecule has 0 aliphatic rings. The van der Waals surface area contributed by atoms with Crippen LogP contribution < -0.4 is 11.1 Å². The molecule has 2 atom stereocenters. The van der Waals surface area contributed by atoms with Crippen molar-refractivity contribution in [2.24, 2.45) is 5.73 Å². The molecule has 0 radical (unpaired) electrons. The molecule has 0 aliphatic carbocycles. The van der Waals surface area contributed by atoms with Crippen molar-refractivity contribution in [1.82, 2.24) is 0 Å². The summed E-state index contributed by atoms with van der Waals surface area (Å²) in [5, 5.41) is 13.8. The van der Waals surface area contributed by atoms with E-state index in [9.17, 15) is 5.11 Å². The molecule has 25 heavy (non-hydrogen) atoms. The number of nitrogens with one attached hydrogen (secondary N) is 1. The minimum atomic E-state index is -0.606. The van der Waals surface area contributed by atoms with Crippen molar-refractivity contribution in [3.63, 3.8) is 0 Å². The molecule has 0 unspecified atom stereocenters. The van der Waals surface area contributed by atoms with Gasteiger partial charge in [0.05, 0.1) is 12.1 Å². The van der Waals surface area contributed by atoms with Crippen LogP contribution in [0.2, 0.25) is 0 Å². The third-order valence-corrected chi connectivity index (χ3v) is 4.34. The smallest absolute Gasteiger partial charge is 0.0773 e. The quantitative estimate of drug-likeness (QED) is 0.615. The van der Waals surface area contributed by atoms with Crippen LogP contribution in [-0.4, -0.2) is 11.2 Å². The molecule has 0 saturated heterocycles. The topological polar surface area (TPSA) is 58.3 Å². The van der Waals surface area contributed by atoms with Crippen LogP contribution in [0.25, 0.3) is 0 Å². The highest BCUT2D eigenvalue weighted by molar-refractivity contribution is 5.45. The Morgan fingerprint density at radius 3 is 1.92 bits per heavy atom. The zero-order valence-electron chi connectivity index (χ0n) is 14.2. The fourth-order valence-electron chi connectivity index (χ4n) is 2.83. The summed E-state index contributed by atoms with van der Waals surface area (Å²) in [5.41, 5.74) is 10.5. The highest BCUT2D eigenvalue weighted by atomic mass is 16.3. The first kappa shape index (κ1) is 17.2. The summed E-state index contributed by atoms with van der Waals surface area (Å²) in [4.78, 5) is 0. The molecule has 0 fully saturated rings. The molecule has 0 amide bonds. The van der Waals surface area contributed by atoms with Gasteiger partial charge in [-0.3, -0.25) is 0 Å². The van der Waals surface area contributed by atoms with Crippen LogP contribution in [-0.2, 0) is 13.0 Å². The molecule has 0 saturated carbocycles. The number of hydrogen-bond donors (Lipinski definition) is 3. The normalized spacial score (nSPS) is 13.2. The van der Waals surface area contributed by atoms with Crippen molar-refractivity contribution in [3.05, 3.63) is 102 Å². The molecular weight excluding hydrogens is 308 g/mol. The minimum absolute atomic E-state index is 0.400. The number of hydrogen-bond acceptors (Lipinski definition) is 3. The molecule has 3 heteroatoms. The first-order valence-electron chi connectivity index (χ1n) is 8.58. The Morgan fingerprint density at radius 2 is 1.32 bits per heavy atom. The predicted molar refractivity (Wildman–Crippen MR) is 103 cm³/mol. The first-order chi connectivity index (χ1) is 12.2. The van der Waals surface area contributed by atoms with Gasteiger partial charge in [0.1, 0.15) is 0 Å². The lowest BCUT2D eigenvalue weighted by atomic mass is 9.97. The molecule has 0 spiro atoms. The number of aliphatic hydroxyl groups is 1. The lowest BCUT2D eigenvalue weighted by Gasteiger charge is -2.20. The SMILES string of the molecule is N[C@H](c1ccc(NCc2ccccc2)cc1)[C@@H](O)Cc1ccccc1. The Bertz CT molecular complexity index is 757. The standard InChI is InChI=1S/C22H24N2O/c23-22(21(25)15-17-7-3-1-4-8-17)19-11-13-20(14-12-19)24-16-18-9-5-2-6-10-18/h1-14,21-22,24-25H,15-16,23H2/t21-,22+/m0/s1. The number of anilines is 1. The molecular formula is C22H24N2O.